The van der Waals surface area contributed by atoms with E-state index >= 15 is 0 Å². The number of rotatable bonds is 68. The lowest BCUT2D eigenvalue weighted by Crippen LogP contribution is -2.30. The molecule has 0 heterocycles. The van der Waals surface area contributed by atoms with E-state index in [-0.39, 0.29) is 25.7 Å². The highest BCUT2D eigenvalue weighted by Crippen LogP contribution is 2.45. The van der Waals surface area contributed by atoms with Gasteiger partial charge in [-0.15, -0.1) is 0 Å². The highest BCUT2D eigenvalue weighted by Gasteiger charge is 2.30. The summed E-state index contributed by atoms with van der Waals surface area (Å²) in [7, 11) is -9.90. The van der Waals surface area contributed by atoms with E-state index in [1.165, 1.54) is 148 Å². The second-order valence-corrected chi connectivity index (χ2v) is 30.2. The van der Waals surface area contributed by atoms with Crippen LogP contribution in [0.15, 0.2) is 0 Å². The molecule has 17 nitrogen and oxygen atoms in total. The van der Waals surface area contributed by atoms with Crippen LogP contribution in [0, 0.1) is 23.7 Å². The van der Waals surface area contributed by atoms with E-state index in [4.69, 9.17) is 37.0 Å². The van der Waals surface area contributed by atoms with E-state index < -0.39 is 97.5 Å². The number of unbranched alkanes of at least 4 members (excludes halogenated alkanes) is 33. The Morgan fingerprint density at radius 1 is 0.311 bits per heavy atom. The molecule has 0 amide bonds. The Morgan fingerprint density at radius 2 is 0.533 bits per heavy atom. The summed E-state index contributed by atoms with van der Waals surface area (Å²) >= 11 is 0. The molecule has 0 aromatic carbocycles. The maximum Gasteiger partial charge on any atom is 0.472 e. The highest BCUT2D eigenvalue weighted by atomic mass is 31.2. The van der Waals surface area contributed by atoms with Crippen molar-refractivity contribution in [2.24, 2.45) is 23.7 Å². The van der Waals surface area contributed by atoms with Crippen molar-refractivity contribution in [1.82, 2.24) is 0 Å². The number of phosphoric ester groups is 2. The van der Waals surface area contributed by atoms with E-state index in [1.807, 2.05) is 0 Å². The molecule has 0 bridgehead atoms. The van der Waals surface area contributed by atoms with Crippen molar-refractivity contribution in [3.8, 4) is 0 Å². The fraction of sp³-hybridized carbons (Fsp3) is 0.944. The molecule has 0 aliphatic heterocycles. The van der Waals surface area contributed by atoms with E-state index in [0.717, 1.165) is 108 Å². The van der Waals surface area contributed by atoms with Crippen molar-refractivity contribution < 1.29 is 80.2 Å². The lowest BCUT2D eigenvalue weighted by Gasteiger charge is -2.21. The number of aliphatic hydroxyl groups is 1. The summed E-state index contributed by atoms with van der Waals surface area (Å²) in [5.41, 5.74) is 0. The lowest BCUT2D eigenvalue weighted by molar-refractivity contribution is -0.161. The number of aliphatic hydroxyl groups excluding tert-OH is 1. The van der Waals surface area contributed by atoms with Gasteiger partial charge in [0.15, 0.2) is 12.2 Å². The Kier molecular flexibility index (Phi) is 59.4. The molecular formula is C71H138O17P2. The molecule has 0 fully saturated rings. The molecule has 3 N–H and O–H groups in total. The van der Waals surface area contributed by atoms with Gasteiger partial charge in [-0.3, -0.25) is 37.3 Å². The van der Waals surface area contributed by atoms with E-state index in [9.17, 15) is 43.2 Å². The molecule has 6 atom stereocenters. The van der Waals surface area contributed by atoms with Crippen molar-refractivity contribution >= 4 is 39.5 Å². The van der Waals surface area contributed by atoms with Gasteiger partial charge in [0.2, 0.25) is 0 Å². The van der Waals surface area contributed by atoms with Gasteiger partial charge in [0, 0.05) is 25.7 Å². The van der Waals surface area contributed by atoms with Crippen LogP contribution in [0.2, 0.25) is 0 Å². The zero-order valence-corrected chi connectivity index (χ0v) is 60.6. The Balaban J connectivity index is 5.21. The van der Waals surface area contributed by atoms with E-state index in [0.29, 0.717) is 37.5 Å². The molecule has 0 aliphatic rings. The SMILES string of the molecule is CCC(C)CCCCCCCCCCCCCCCCC(=O)OC[C@H](COP(=O)(O)OCC(O)COP(=O)(O)OC[C@@H](COC(=O)CCCCCCCCCC(C)C)OC(=O)CCCCCCCCCC(C)C)OC(=O)CCCCCCCCCCCC(C)C. The van der Waals surface area contributed by atoms with E-state index in [1.54, 1.807) is 0 Å². The van der Waals surface area contributed by atoms with Gasteiger partial charge >= 0.3 is 39.5 Å². The first-order chi connectivity index (χ1) is 43.1. The van der Waals surface area contributed by atoms with Crippen LogP contribution in [0.3, 0.4) is 0 Å². The minimum atomic E-state index is -4.95. The number of ether oxygens (including phenoxy) is 4. The van der Waals surface area contributed by atoms with Crippen LogP contribution in [-0.4, -0.2) is 96.7 Å². The Hall–Kier alpha value is -1.94. The Morgan fingerprint density at radius 3 is 0.789 bits per heavy atom. The van der Waals surface area contributed by atoms with Gasteiger partial charge in [0.05, 0.1) is 26.4 Å². The van der Waals surface area contributed by atoms with E-state index in [2.05, 4.69) is 55.4 Å². The smallest absolute Gasteiger partial charge is 0.462 e. The molecule has 0 rings (SSSR count). The maximum absolute atomic E-state index is 13.0. The fourth-order valence-electron chi connectivity index (χ4n) is 10.6. The van der Waals surface area contributed by atoms with Crippen molar-refractivity contribution in [2.45, 2.75) is 369 Å². The zero-order valence-electron chi connectivity index (χ0n) is 58.8. The van der Waals surface area contributed by atoms with Gasteiger partial charge in [-0.2, -0.15) is 0 Å². The van der Waals surface area contributed by atoms with Crippen molar-refractivity contribution in [2.75, 3.05) is 39.6 Å². The monoisotopic (exact) mass is 1320 g/mol. The van der Waals surface area contributed by atoms with Crippen LogP contribution < -0.4 is 0 Å². The summed E-state index contributed by atoms with van der Waals surface area (Å²) in [6, 6.07) is 0. The normalized spacial score (nSPS) is 14.6. The largest absolute Gasteiger partial charge is 0.472 e. The third-order valence-electron chi connectivity index (χ3n) is 16.7. The maximum atomic E-state index is 13.0. The van der Waals surface area contributed by atoms with Crippen molar-refractivity contribution in [1.29, 1.82) is 0 Å². The van der Waals surface area contributed by atoms with Gasteiger partial charge in [0.25, 0.3) is 0 Å². The number of carbonyl (C=O) groups excluding carboxylic acids is 4. The topological polar surface area (TPSA) is 237 Å². The Labute approximate surface area is 549 Å². The van der Waals surface area contributed by atoms with Crippen LogP contribution in [0.5, 0.6) is 0 Å². The molecule has 4 unspecified atom stereocenters. The number of esters is 4. The first-order valence-corrected chi connectivity index (χ1v) is 39.7. The zero-order chi connectivity index (χ0) is 66.8. The second kappa shape index (κ2) is 60.7. The van der Waals surface area contributed by atoms with Crippen LogP contribution in [0.25, 0.3) is 0 Å². The molecular weight excluding hydrogens is 1190 g/mol. The minimum Gasteiger partial charge on any atom is -0.462 e. The summed E-state index contributed by atoms with van der Waals surface area (Å²) in [6.07, 6.45) is 43.2. The summed E-state index contributed by atoms with van der Waals surface area (Å²) in [6.45, 7) is 14.1. The van der Waals surface area contributed by atoms with Crippen LogP contribution in [-0.2, 0) is 65.4 Å². The molecule has 19 heteroatoms. The standard InChI is InChI=1S/C71H138O17P2/c1-9-64(8)50-42-34-26-18-14-12-10-11-13-15-19-27-35-43-51-68(73)81-57-66(87-70(75)53-45-37-28-20-16-17-23-31-39-47-61(2)3)59-85-89(77,78)83-55-65(72)56-84-90(79,80)86-60-67(88-71(76)54-46-38-30-22-25-33-41-49-63(6)7)58-82-69(74)52-44-36-29-21-24-32-40-48-62(4)5/h61-67,72H,9-60H2,1-8H3,(H,77,78)(H,79,80)/t64?,65?,66-,67-/m1/s1. The number of carbonyl (C=O) groups is 4. The third-order valence-corrected chi connectivity index (χ3v) is 18.6. The van der Waals surface area contributed by atoms with Gasteiger partial charge in [-0.25, -0.2) is 9.13 Å². The van der Waals surface area contributed by atoms with Crippen LogP contribution >= 0.6 is 15.6 Å². The molecule has 0 saturated heterocycles. The molecule has 90 heavy (non-hydrogen) atoms. The molecule has 534 valence electrons. The first kappa shape index (κ1) is 88.1. The summed E-state index contributed by atoms with van der Waals surface area (Å²) < 4.78 is 68.3. The molecule has 0 radical (unpaired) electrons. The lowest BCUT2D eigenvalue weighted by atomic mass is 9.99. The summed E-state index contributed by atoms with van der Waals surface area (Å²) in [5.74, 6) is 0.856. The molecule has 0 aromatic rings. The molecule has 0 aliphatic carbocycles. The third kappa shape index (κ3) is 63.5. The molecule has 0 saturated carbocycles. The van der Waals surface area contributed by atoms with Crippen LogP contribution in [0.1, 0.15) is 351 Å². The quantitative estimate of drug-likeness (QED) is 0.0222. The van der Waals surface area contributed by atoms with Gasteiger partial charge in [0.1, 0.15) is 19.3 Å². The van der Waals surface area contributed by atoms with Crippen LogP contribution in [0.4, 0.5) is 0 Å². The average molecular weight is 1330 g/mol. The summed E-state index contributed by atoms with van der Waals surface area (Å²) in [4.78, 5) is 72.5. The van der Waals surface area contributed by atoms with Gasteiger partial charge in [-0.05, 0) is 49.4 Å². The number of hydrogen-bond donors (Lipinski definition) is 3. The predicted molar refractivity (Wildman–Crippen MR) is 363 cm³/mol. The fourth-order valence-corrected chi connectivity index (χ4v) is 12.2. The minimum absolute atomic E-state index is 0.102. The molecule has 0 spiro atoms. The van der Waals surface area contributed by atoms with Crippen molar-refractivity contribution in [3.63, 3.8) is 0 Å². The number of phosphoric acid groups is 2. The number of hydrogen-bond acceptors (Lipinski definition) is 15. The van der Waals surface area contributed by atoms with Gasteiger partial charge < -0.3 is 33.8 Å². The second-order valence-electron chi connectivity index (χ2n) is 27.3. The Bertz CT molecular complexity index is 1780. The molecule has 0 aromatic heterocycles. The van der Waals surface area contributed by atoms with Crippen molar-refractivity contribution in [3.05, 3.63) is 0 Å². The predicted octanol–water partition coefficient (Wildman–Crippen LogP) is 20.1. The highest BCUT2D eigenvalue weighted by molar-refractivity contribution is 7.47. The average Bonchev–Trinajstić information content (AvgIpc) is 3.39. The van der Waals surface area contributed by atoms with Gasteiger partial charge in [-0.1, -0.05) is 299 Å². The summed E-state index contributed by atoms with van der Waals surface area (Å²) in [5, 5.41) is 10.6. The first-order valence-electron chi connectivity index (χ1n) is 36.7.